The first-order chi connectivity index (χ1) is 9.43. The predicted molar refractivity (Wildman–Crippen MR) is 86.9 cm³/mol. The van der Waals surface area contributed by atoms with Crippen LogP contribution in [0.25, 0.3) is 6.08 Å². The molecule has 0 amide bonds. The molecule has 1 aliphatic rings. The molecule has 2 nitrogen and oxygen atoms in total. The summed E-state index contributed by atoms with van der Waals surface area (Å²) in [5.41, 5.74) is 2.51. The zero-order chi connectivity index (χ0) is 14.8. The second kappa shape index (κ2) is 5.96. The summed E-state index contributed by atoms with van der Waals surface area (Å²) in [4.78, 5) is 12.4. The lowest BCUT2D eigenvalue weighted by atomic mass is 9.91. The summed E-state index contributed by atoms with van der Waals surface area (Å²) in [5.74, 6) is 1.17. The Bertz CT molecular complexity index is 526. The lowest BCUT2D eigenvalue weighted by Gasteiger charge is -2.34. The smallest absolute Gasteiger partial charge is 0.158 e. The Morgan fingerprint density at radius 1 is 1.25 bits per heavy atom. The van der Waals surface area contributed by atoms with Crippen molar-refractivity contribution in [1.29, 1.82) is 0 Å². The van der Waals surface area contributed by atoms with Crippen LogP contribution < -0.4 is 4.74 Å². The first kappa shape index (κ1) is 15.0. The van der Waals surface area contributed by atoms with E-state index in [2.05, 4.69) is 25.7 Å². The average Bonchev–Trinajstić information content (AvgIpc) is 2.40. The summed E-state index contributed by atoms with van der Waals surface area (Å²) in [6.45, 7) is 7.06. The van der Waals surface area contributed by atoms with E-state index in [-0.39, 0.29) is 0 Å². The number of hydrogen-bond donors (Lipinski definition) is 0. The van der Waals surface area contributed by atoms with Crippen molar-refractivity contribution in [3.63, 3.8) is 0 Å². The SMILES string of the molecule is COc1ccccc1/C=C1\C(=O)CCCC1[Si](C)(C)C. The van der Waals surface area contributed by atoms with Gasteiger partial charge in [-0.25, -0.2) is 0 Å². The zero-order valence-corrected chi connectivity index (χ0v) is 13.9. The molecule has 0 heterocycles. The summed E-state index contributed by atoms with van der Waals surface area (Å²) in [5, 5.41) is 0. The van der Waals surface area contributed by atoms with Crippen molar-refractivity contribution in [3.8, 4) is 5.75 Å². The molecule has 108 valence electrons. The van der Waals surface area contributed by atoms with E-state index in [0.29, 0.717) is 17.7 Å². The van der Waals surface area contributed by atoms with Crippen molar-refractivity contribution in [2.75, 3.05) is 7.11 Å². The summed E-state index contributed by atoms with van der Waals surface area (Å²) >= 11 is 0. The van der Waals surface area contributed by atoms with Crippen LogP contribution in [0.3, 0.4) is 0 Å². The van der Waals surface area contributed by atoms with Crippen LogP contribution in [0.2, 0.25) is 25.2 Å². The van der Waals surface area contributed by atoms with E-state index in [9.17, 15) is 4.79 Å². The van der Waals surface area contributed by atoms with Crippen LogP contribution in [-0.2, 0) is 4.79 Å². The van der Waals surface area contributed by atoms with Gasteiger partial charge in [0.2, 0.25) is 0 Å². The van der Waals surface area contributed by atoms with Crippen molar-refractivity contribution in [1.82, 2.24) is 0 Å². The minimum Gasteiger partial charge on any atom is -0.496 e. The maximum atomic E-state index is 12.4. The molecule has 1 aromatic rings. The molecular formula is C17H24O2Si. The number of carbonyl (C=O) groups excluding carboxylic acids is 1. The lowest BCUT2D eigenvalue weighted by Crippen LogP contribution is -2.34. The molecule has 0 aromatic heterocycles. The monoisotopic (exact) mass is 288 g/mol. The zero-order valence-electron chi connectivity index (χ0n) is 12.9. The van der Waals surface area contributed by atoms with E-state index in [4.69, 9.17) is 4.74 Å². The maximum Gasteiger partial charge on any atom is 0.158 e. The number of para-hydroxylation sites is 1. The Kier molecular flexibility index (Phi) is 4.48. The van der Waals surface area contributed by atoms with Gasteiger partial charge in [0, 0.05) is 12.0 Å². The van der Waals surface area contributed by atoms with E-state index in [1.54, 1.807) is 7.11 Å². The summed E-state index contributed by atoms with van der Waals surface area (Å²) in [6.07, 6.45) is 4.96. The second-order valence-electron chi connectivity index (χ2n) is 6.58. The minimum atomic E-state index is -1.37. The summed E-state index contributed by atoms with van der Waals surface area (Å²) in [7, 11) is 0.304. The van der Waals surface area contributed by atoms with Gasteiger partial charge in [0.05, 0.1) is 15.2 Å². The lowest BCUT2D eigenvalue weighted by molar-refractivity contribution is -0.116. The van der Waals surface area contributed by atoms with Crippen molar-refractivity contribution >= 4 is 19.9 Å². The Balaban J connectivity index is 2.44. The largest absolute Gasteiger partial charge is 0.496 e. The van der Waals surface area contributed by atoms with Crippen LogP contribution in [0.1, 0.15) is 24.8 Å². The first-order valence-electron chi connectivity index (χ1n) is 7.31. The number of hydrogen-bond acceptors (Lipinski definition) is 2. The summed E-state index contributed by atoms with van der Waals surface area (Å²) in [6, 6.07) is 7.92. The number of methoxy groups -OCH3 is 1. The van der Waals surface area contributed by atoms with Gasteiger partial charge in [0.15, 0.2) is 5.78 Å². The van der Waals surface area contributed by atoms with Crippen LogP contribution in [-0.4, -0.2) is 21.0 Å². The van der Waals surface area contributed by atoms with Gasteiger partial charge < -0.3 is 4.74 Å². The van der Waals surface area contributed by atoms with Gasteiger partial charge in [0.25, 0.3) is 0 Å². The molecule has 3 heteroatoms. The normalized spacial score (nSPS) is 22.1. The van der Waals surface area contributed by atoms with E-state index in [1.807, 2.05) is 24.3 Å². The number of Topliss-reactive ketones (excluding diaryl/α,β-unsaturated/α-hetero) is 1. The molecule has 1 aromatic carbocycles. The molecule has 0 saturated heterocycles. The van der Waals surface area contributed by atoms with Gasteiger partial charge in [0.1, 0.15) is 5.75 Å². The van der Waals surface area contributed by atoms with Crippen LogP contribution >= 0.6 is 0 Å². The molecule has 0 bridgehead atoms. The highest BCUT2D eigenvalue weighted by atomic mass is 28.3. The molecule has 1 unspecified atom stereocenters. The van der Waals surface area contributed by atoms with E-state index in [0.717, 1.165) is 29.7 Å². The highest BCUT2D eigenvalue weighted by Gasteiger charge is 2.35. The number of allylic oxidation sites excluding steroid dienone is 1. The van der Waals surface area contributed by atoms with E-state index < -0.39 is 8.07 Å². The second-order valence-corrected chi connectivity index (χ2v) is 12.0. The van der Waals surface area contributed by atoms with Crippen LogP contribution in [0.15, 0.2) is 29.8 Å². The van der Waals surface area contributed by atoms with Gasteiger partial charge in [-0.15, -0.1) is 0 Å². The highest BCUT2D eigenvalue weighted by molar-refractivity contribution is 6.78. The summed E-state index contributed by atoms with van der Waals surface area (Å²) < 4.78 is 5.40. The molecule has 1 fully saturated rings. The molecule has 0 radical (unpaired) electrons. The predicted octanol–water partition coefficient (Wildman–Crippen LogP) is 4.54. The van der Waals surface area contributed by atoms with Crippen LogP contribution in [0, 0.1) is 0 Å². The van der Waals surface area contributed by atoms with Gasteiger partial charge in [-0.2, -0.15) is 0 Å². The standard InChI is InChI=1S/C17H24O2Si/c1-19-16-10-6-5-8-13(16)12-14-15(18)9-7-11-17(14)20(2,3)4/h5-6,8,10,12,17H,7,9,11H2,1-4H3/b14-12+. The molecule has 0 N–H and O–H groups in total. The van der Waals surface area contributed by atoms with Crippen molar-refractivity contribution in [3.05, 3.63) is 35.4 Å². The third-order valence-electron chi connectivity index (χ3n) is 4.09. The minimum absolute atomic E-state index is 0.328. The topological polar surface area (TPSA) is 26.3 Å². The number of rotatable bonds is 3. The van der Waals surface area contributed by atoms with Crippen molar-refractivity contribution in [2.45, 2.75) is 44.4 Å². The van der Waals surface area contributed by atoms with Gasteiger partial charge >= 0.3 is 0 Å². The fourth-order valence-corrected chi connectivity index (χ4v) is 5.24. The third kappa shape index (κ3) is 3.21. The van der Waals surface area contributed by atoms with E-state index in [1.165, 1.54) is 0 Å². The molecule has 0 spiro atoms. The number of ketones is 1. The third-order valence-corrected chi connectivity index (χ3v) is 6.78. The van der Waals surface area contributed by atoms with Crippen molar-refractivity contribution in [2.24, 2.45) is 0 Å². The quantitative estimate of drug-likeness (QED) is 0.603. The Morgan fingerprint density at radius 3 is 2.60 bits per heavy atom. The van der Waals surface area contributed by atoms with Crippen molar-refractivity contribution < 1.29 is 9.53 Å². The maximum absolute atomic E-state index is 12.4. The Morgan fingerprint density at radius 2 is 1.95 bits per heavy atom. The molecule has 2 rings (SSSR count). The van der Waals surface area contributed by atoms with Gasteiger partial charge in [-0.1, -0.05) is 37.8 Å². The van der Waals surface area contributed by atoms with Gasteiger partial charge in [-0.3, -0.25) is 4.79 Å². The Labute approximate surface area is 122 Å². The molecule has 0 aliphatic heterocycles. The first-order valence-corrected chi connectivity index (χ1v) is 10.9. The Hall–Kier alpha value is -1.35. The molecule has 1 atom stereocenters. The average molecular weight is 288 g/mol. The van der Waals surface area contributed by atoms with Crippen LogP contribution in [0.4, 0.5) is 0 Å². The molecule has 1 saturated carbocycles. The number of carbonyl (C=O) groups is 1. The molecule has 1 aliphatic carbocycles. The fourth-order valence-electron chi connectivity index (χ4n) is 2.99. The fraction of sp³-hybridized carbons (Fsp3) is 0.471. The van der Waals surface area contributed by atoms with Crippen LogP contribution in [0.5, 0.6) is 5.75 Å². The molecular weight excluding hydrogens is 264 g/mol. The highest BCUT2D eigenvalue weighted by Crippen LogP contribution is 2.41. The van der Waals surface area contributed by atoms with E-state index >= 15 is 0 Å². The van der Waals surface area contributed by atoms with Gasteiger partial charge in [-0.05, 0) is 36.1 Å². The number of benzene rings is 1. The number of ether oxygens (including phenoxy) is 1. The molecule has 20 heavy (non-hydrogen) atoms.